The molecule has 0 N–H and O–H groups in total. The van der Waals surface area contributed by atoms with E-state index in [2.05, 4.69) is 0 Å². The molecule has 0 aromatic rings. The van der Waals surface area contributed by atoms with Gasteiger partial charge < -0.3 is 5.48 Å². The van der Waals surface area contributed by atoms with Crippen LogP contribution in [0.1, 0.15) is 0 Å². The van der Waals surface area contributed by atoms with Gasteiger partial charge in [0.1, 0.15) is 0 Å². The molecule has 0 amide bonds. The average molecular weight is 204 g/mol. The standard InChI is InChI=1S/Co.Cu.O.Zn/q;;-2;+2. The van der Waals surface area contributed by atoms with E-state index in [9.17, 15) is 0 Å². The molecule has 4 heavy (non-hydrogen) atoms. The van der Waals surface area contributed by atoms with Crippen molar-refractivity contribution < 1.29 is 58.8 Å². The molecule has 0 fully saturated rings. The smallest absolute Gasteiger partial charge is 2.00 e. The summed E-state index contributed by atoms with van der Waals surface area (Å²) >= 11 is 0. The molecular formula is CoCuOZn. The normalized spacial score (nSPS) is 0. The first-order valence-corrected chi connectivity index (χ1v) is 0. The Bertz CT molecular complexity index is 8.00. The molecule has 0 heterocycles. The van der Waals surface area contributed by atoms with Gasteiger partial charge in [-0.05, 0) is 0 Å². The van der Waals surface area contributed by atoms with Gasteiger partial charge in [-0.3, -0.25) is 0 Å². The van der Waals surface area contributed by atoms with E-state index in [0.717, 1.165) is 0 Å². The van der Waals surface area contributed by atoms with Crippen molar-refractivity contribution in [2.24, 2.45) is 0 Å². The van der Waals surface area contributed by atoms with Crippen LogP contribution in [0.25, 0.3) is 0 Å². The minimum atomic E-state index is 0. The predicted octanol–water partition coefficient (Wildman–Crippen LogP) is -0.126. The van der Waals surface area contributed by atoms with Crippen LogP contribution in [-0.2, 0) is 58.8 Å². The maximum absolute atomic E-state index is 0. The van der Waals surface area contributed by atoms with Crippen molar-refractivity contribution in [2.45, 2.75) is 0 Å². The summed E-state index contributed by atoms with van der Waals surface area (Å²) in [5.41, 5.74) is 0. The summed E-state index contributed by atoms with van der Waals surface area (Å²) in [4.78, 5) is 0. The second-order valence-corrected chi connectivity index (χ2v) is 0. The zero-order chi connectivity index (χ0) is 0. The van der Waals surface area contributed by atoms with Crippen LogP contribution < -0.4 is 0 Å². The molecular weight excluding hydrogens is 204 g/mol. The Balaban J connectivity index is 0. The quantitative estimate of drug-likeness (QED) is 0.492. The minimum absolute atomic E-state index is 0. The molecule has 0 bridgehead atoms. The Morgan fingerprint density at radius 3 is 1.00 bits per heavy atom. The molecule has 0 spiro atoms. The van der Waals surface area contributed by atoms with Gasteiger partial charge in [-0.15, -0.1) is 0 Å². The first kappa shape index (κ1) is 46.0. The van der Waals surface area contributed by atoms with E-state index >= 15 is 0 Å². The van der Waals surface area contributed by atoms with Gasteiger partial charge in [0.05, 0.1) is 0 Å². The molecule has 2 radical (unpaired) electrons. The first-order chi connectivity index (χ1) is 0. The monoisotopic (exact) mass is 202 g/mol. The van der Waals surface area contributed by atoms with E-state index in [0.29, 0.717) is 0 Å². The largest absolute Gasteiger partial charge is 2.00 e. The Morgan fingerprint density at radius 2 is 1.00 bits per heavy atom. The molecule has 0 saturated heterocycles. The van der Waals surface area contributed by atoms with Crippen molar-refractivity contribution in [3.63, 3.8) is 0 Å². The third-order valence-corrected chi connectivity index (χ3v) is 0. The van der Waals surface area contributed by atoms with Crippen molar-refractivity contribution in [1.82, 2.24) is 0 Å². The van der Waals surface area contributed by atoms with Gasteiger partial charge in [0.25, 0.3) is 0 Å². The fourth-order valence-corrected chi connectivity index (χ4v) is 0. The maximum Gasteiger partial charge on any atom is 2.00 e. The van der Waals surface area contributed by atoms with Crippen LogP contribution in [0.5, 0.6) is 0 Å². The van der Waals surface area contributed by atoms with E-state index in [1.165, 1.54) is 0 Å². The molecule has 0 unspecified atom stereocenters. The van der Waals surface area contributed by atoms with Gasteiger partial charge in [0.2, 0.25) is 0 Å². The summed E-state index contributed by atoms with van der Waals surface area (Å²) in [6, 6.07) is 0. The third-order valence-electron chi connectivity index (χ3n) is 0. The molecule has 0 aliphatic rings. The maximum atomic E-state index is 0. The van der Waals surface area contributed by atoms with Crippen molar-refractivity contribution >= 4 is 0 Å². The summed E-state index contributed by atoms with van der Waals surface area (Å²) < 4.78 is 0. The predicted molar refractivity (Wildman–Crippen MR) is 0.686 cm³/mol. The minimum Gasteiger partial charge on any atom is -2.00 e. The zero-order valence-electron chi connectivity index (χ0n) is 1.75. The third kappa shape index (κ3) is 9.49. The van der Waals surface area contributed by atoms with Crippen molar-refractivity contribution in [3.05, 3.63) is 0 Å². The zero-order valence-corrected chi connectivity index (χ0v) is 6.70. The SMILES string of the molecule is [Co].[Cu].[O-2].[Zn+2]. The fraction of sp³-hybridized carbons (Fsp3) is 0. The van der Waals surface area contributed by atoms with Gasteiger partial charge in [-0.25, -0.2) is 0 Å². The summed E-state index contributed by atoms with van der Waals surface area (Å²) in [7, 11) is 0. The number of hydrogen-bond acceptors (Lipinski definition) is 0. The van der Waals surface area contributed by atoms with Gasteiger partial charge in [0.15, 0.2) is 0 Å². The van der Waals surface area contributed by atoms with E-state index in [4.69, 9.17) is 0 Å². The van der Waals surface area contributed by atoms with E-state index in [1.54, 1.807) is 0 Å². The summed E-state index contributed by atoms with van der Waals surface area (Å²) in [5, 5.41) is 0. The molecule has 0 saturated carbocycles. The van der Waals surface area contributed by atoms with E-state index < -0.39 is 0 Å². The van der Waals surface area contributed by atoms with Gasteiger partial charge >= 0.3 is 19.5 Å². The molecule has 0 atom stereocenters. The second-order valence-electron chi connectivity index (χ2n) is 0. The molecule has 0 rings (SSSR count). The molecule has 1 nitrogen and oxygen atoms in total. The molecule has 0 aliphatic heterocycles. The van der Waals surface area contributed by atoms with Crippen LogP contribution in [-0.4, -0.2) is 0 Å². The van der Waals surface area contributed by atoms with Crippen molar-refractivity contribution in [3.8, 4) is 0 Å². The van der Waals surface area contributed by atoms with Gasteiger partial charge in [0, 0.05) is 33.8 Å². The average Bonchev–Trinajstić information content (AvgIpc) is 0. The summed E-state index contributed by atoms with van der Waals surface area (Å²) in [6.45, 7) is 0. The van der Waals surface area contributed by atoms with Gasteiger partial charge in [-0.2, -0.15) is 0 Å². The van der Waals surface area contributed by atoms with E-state index in [1.807, 2.05) is 0 Å². The molecule has 0 aromatic carbocycles. The van der Waals surface area contributed by atoms with Crippen LogP contribution in [0.15, 0.2) is 0 Å². The Kier molecular flexibility index (Phi) is 267. The van der Waals surface area contributed by atoms with Crippen molar-refractivity contribution in [2.75, 3.05) is 0 Å². The molecule has 0 aliphatic carbocycles. The Hall–Kier alpha value is 1.61. The van der Waals surface area contributed by atoms with Gasteiger partial charge in [-0.1, -0.05) is 0 Å². The van der Waals surface area contributed by atoms with Crippen LogP contribution in [0.4, 0.5) is 0 Å². The van der Waals surface area contributed by atoms with Crippen LogP contribution >= 0.6 is 0 Å². The van der Waals surface area contributed by atoms with E-state index in [-0.39, 0.29) is 58.8 Å². The Morgan fingerprint density at radius 1 is 1.00 bits per heavy atom. The molecule has 0 aromatic heterocycles. The number of rotatable bonds is 0. The van der Waals surface area contributed by atoms with Crippen LogP contribution in [0.3, 0.4) is 0 Å². The molecule has 28 valence electrons. The Labute approximate surface area is 58.6 Å². The summed E-state index contributed by atoms with van der Waals surface area (Å²) in [6.07, 6.45) is 0. The fourth-order valence-electron chi connectivity index (χ4n) is 0. The first-order valence-electron chi connectivity index (χ1n) is 0. The number of hydrogen-bond donors (Lipinski definition) is 0. The topological polar surface area (TPSA) is 28.5 Å². The summed E-state index contributed by atoms with van der Waals surface area (Å²) in [5.74, 6) is 0. The van der Waals surface area contributed by atoms with Crippen LogP contribution in [0.2, 0.25) is 0 Å². The molecule has 4 heteroatoms. The van der Waals surface area contributed by atoms with Crippen LogP contribution in [0, 0.1) is 0 Å². The van der Waals surface area contributed by atoms with Crippen molar-refractivity contribution in [1.29, 1.82) is 0 Å². The second kappa shape index (κ2) is 23.2.